The SMILES string of the molecule is CC1(C)CCC2=C(C1=O)C(c1cc(Cl)cc(Cl)c1O)C1=C(CCS1)N2. The molecular formula is C19H19Cl2NO2S. The molecule has 0 saturated carbocycles. The molecule has 0 spiro atoms. The summed E-state index contributed by atoms with van der Waals surface area (Å²) in [6.45, 7) is 3.99. The molecule has 0 fully saturated rings. The average molecular weight is 396 g/mol. The number of thioether (sulfide) groups is 1. The van der Waals surface area contributed by atoms with Crippen LogP contribution in [0.5, 0.6) is 5.75 Å². The molecule has 0 saturated heterocycles. The van der Waals surface area contributed by atoms with Gasteiger partial charge in [0.2, 0.25) is 0 Å². The van der Waals surface area contributed by atoms with Crippen LogP contribution < -0.4 is 5.32 Å². The first-order valence-electron chi connectivity index (χ1n) is 8.38. The number of dihydropyridines is 1. The van der Waals surface area contributed by atoms with Crippen molar-refractivity contribution in [2.45, 2.75) is 39.0 Å². The van der Waals surface area contributed by atoms with Crippen molar-refractivity contribution >= 4 is 40.7 Å². The topological polar surface area (TPSA) is 49.3 Å². The normalized spacial score (nSPS) is 25.0. The highest BCUT2D eigenvalue weighted by Crippen LogP contribution is 2.54. The fourth-order valence-electron chi connectivity index (χ4n) is 3.89. The van der Waals surface area contributed by atoms with E-state index in [0.717, 1.165) is 46.9 Å². The van der Waals surface area contributed by atoms with E-state index in [9.17, 15) is 9.90 Å². The Morgan fingerprint density at radius 2 is 2.00 bits per heavy atom. The highest BCUT2D eigenvalue weighted by Gasteiger charge is 2.45. The van der Waals surface area contributed by atoms with E-state index in [4.69, 9.17) is 23.2 Å². The number of carbonyl (C=O) groups is 1. The minimum atomic E-state index is -0.405. The first kappa shape index (κ1) is 17.3. The molecule has 0 aromatic heterocycles. The van der Waals surface area contributed by atoms with Crippen molar-refractivity contribution in [2.24, 2.45) is 5.41 Å². The summed E-state index contributed by atoms with van der Waals surface area (Å²) in [4.78, 5) is 14.4. The number of nitrogens with one attached hydrogen (secondary N) is 1. The molecule has 132 valence electrons. The number of benzene rings is 1. The molecule has 1 atom stereocenters. The number of hydrogen-bond donors (Lipinski definition) is 2. The lowest BCUT2D eigenvalue weighted by atomic mass is 9.69. The summed E-state index contributed by atoms with van der Waals surface area (Å²) in [7, 11) is 0. The van der Waals surface area contributed by atoms with Crippen LogP contribution in [-0.4, -0.2) is 16.6 Å². The van der Waals surface area contributed by atoms with Gasteiger partial charge in [-0.25, -0.2) is 0 Å². The van der Waals surface area contributed by atoms with Crippen LogP contribution in [0.2, 0.25) is 10.0 Å². The van der Waals surface area contributed by atoms with Gasteiger partial charge in [-0.15, -0.1) is 11.8 Å². The highest BCUT2D eigenvalue weighted by atomic mass is 35.5. The van der Waals surface area contributed by atoms with E-state index in [1.165, 1.54) is 6.07 Å². The molecule has 4 rings (SSSR count). The molecule has 1 unspecified atom stereocenters. The molecule has 2 aliphatic heterocycles. The van der Waals surface area contributed by atoms with Crippen molar-refractivity contribution in [2.75, 3.05) is 5.75 Å². The van der Waals surface area contributed by atoms with Gasteiger partial charge in [0.1, 0.15) is 5.75 Å². The van der Waals surface area contributed by atoms with E-state index >= 15 is 0 Å². The van der Waals surface area contributed by atoms with Crippen molar-refractivity contribution in [1.82, 2.24) is 5.32 Å². The molecule has 2 N–H and O–H groups in total. The van der Waals surface area contributed by atoms with Crippen LogP contribution in [0.4, 0.5) is 0 Å². The molecule has 1 aromatic rings. The molecule has 1 aliphatic carbocycles. The number of phenolic OH excluding ortho intramolecular Hbond substituents is 1. The number of halogens is 2. The average Bonchev–Trinajstić information content (AvgIpc) is 3.01. The summed E-state index contributed by atoms with van der Waals surface area (Å²) in [5, 5.41) is 14.8. The van der Waals surface area contributed by atoms with Gasteiger partial charge in [0.15, 0.2) is 5.78 Å². The molecular weight excluding hydrogens is 377 g/mol. The molecule has 3 nitrogen and oxygen atoms in total. The Bertz CT molecular complexity index is 857. The van der Waals surface area contributed by atoms with Gasteiger partial charge in [-0.3, -0.25) is 4.79 Å². The van der Waals surface area contributed by atoms with Gasteiger partial charge in [-0.2, -0.15) is 0 Å². The van der Waals surface area contributed by atoms with Gasteiger partial charge in [0, 0.05) is 43.6 Å². The Morgan fingerprint density at radius 3 is 2.76 bits per heavy atom. The van der Waals surface area contributed by atoms with Crippen LogP contribution in [0.3, 0.4) is 0 Å². The second kappa shape index (κ2) is 5.97. The van der Waals surface area contributed by atoms with E-state index < -0.39 is 5.41 Å². The maximum atomic E-state index is 13.3. The van der Waals surface area contributed by atoms with E-state index in [0.29, 0.717) is 10.6 Å². The Balaban J connectivity index is 1.95. The lowest BCUT2D eigenvalue weighted by Crippen LogP contribution is -2.38. The van der Waals surface area contributed by atoms with Gasteiger partial charge in [0.05, 0.1) is 10.9 Å². The highest BCUT2D eigenvalue weighted by molar-refractivity contribution is 8.03. The Labute approximate surface area is 161 Å². The monoisotopic (exact) mass is 395 g/mol. The van der Waals surface area contributed by atoms with Crippen LogP contribution in [0.25, 0.3) is 0 Å². The van der Waals surface area contributed by atoms with Gasteiger partial charge in [0.25, 0.3) is 0 Å². The molecule has 0 amide bonds. The number of phenols is 1. The van der Waals surface area contributed by atoms with Crippen LogP contribution >= 0.6 is 35.0 Å². The van der Waals surface area contributed by atoms with Crippen LogP contribution in [-0.2, 0) is 4.79 Å². The summed E-state index contributed by atoms with van der Waals surface area (Å²) in [5.74, 6) is 0.838. The number of ketones is 1. The number of hydrogen-bond acceptors (Lipinski definition) is 4. The second-order valence-electron chi connectivity index (χ2n) is 7.43. The fraction of sp³-hybridized carbons (Fsp3) is 0.421. The lowest BCUT2D eigenvalue weighted by molar-refractivity contribution is -0.124. The number of allylic oxidation sites excluding steroid dienone is 4. The molecule has 2 heterocycles. The van der Waals surface area contributed by atoms with E-state index in [2.05, 4.69) is 5.32 Å². The Morgan fingerprint density at radius 1 is 1.24 bits per heavy atom. The summed E-state index contributed by atoms with van der Waals surface area (Å²) < 4.78 is 0. The van der Waals surface area contributed by atoms with Crippen molar-refractivity contribution in [3.05, 3.63) is 49.6 Å². The predicted molar refractivity (Wildman–Crippen MR) is 103 cm³/mol. The van der Waals surface area contributed by atoms with Gasteiger partial charge < -0.3 is 10.4 Å². The lowest BCUT2D eigenvalue weighted by Gasteiger charge is -2.39. The number of carbonyl (C=O) groups excluding carboxylic acids is 1. The zero-order valence-electron chi connectivity index (χ0n) is 14.1. The van der Waals surface area contributed by atoms with Gasteiger partial charge in [-0.1, -0.05) is 37.0 Å². The summed E-state index contributed by atoms with van der Waals surface area (Å²) >= 11 is 14.1. The smallest absolute Gasteiger partial charge is 0.167 e. The first-order valence-corrected chi connectivity index (χ1v) is 10.1. The number of aromatic hydroxyl groups is 1. The van der Waals surface area contributed by atoms with Crippen molar-refractivity contribution < 1.29 is 9.90 Å². The van der Waals surface area contributed by atoms with Crippen LogP contribution in [0.15, 0.2) is 34.0 Å². The van der Waals surface area contributed by atoms with E-state index in [-0.39, 0.29) is 22.5 Å². The summed E-state index contributed by atoms with van der Waals surface area (Å²) in [6, 6.07) is 3.27. The third-order valence-electron chi connectivity index (χ3n) is 5.31. The predicted octanol–water partition coefficient (Wildman–Crippen LogP) is 5.38. The van der Waals surface area contributed by atoms with E-state index in [1.807, 2.05) is 13.8 Å². The zero-order chi connectivity index (χ0) is 17.9. The molecule has 6 heteroatoms. The van der Waals surface area contributed by atoms with Gasteiger partial charge in [-0.05, 0) is 31.4 Å². The summed E-state index contributed by atoms with van der Waals surface area (Å²) in [5.41, 5.74) is 3.14. The van der Waals surface area contributed by atoms with Crippen molar-refractivity contribution in [3.63, 3.8) is 0 Å². The first-order chi connectivity index (χ1) is 11.8. The molecule has 3 aliphatic rings. The molecule has 0 bridgehead atoms. The Hall–Kier alpha value is -1.10. The standard InChI is InChI=1S/C19H19Cl2NO2S/c1-19(2)5-3-12-15(18(19)24)14(17-13(22-12)4-6-25-17)10-7-9(20)8-11(21)16(10)23/h7-8,14,22-23H,3-6H2,1-2H3. The zero-order valence-corrected chi connectivity index (χ0v) is 16.4. The van der Waals surface area contributed by atoms with Crippen molar-refractivity contribution in [3.8, 4) is 5.75 Å². The molecule has 1 aromatic carbocycles. The Kier molecular flexibility index (Phi) is 4.13. The third kappa shape index (κ3) is 2.70. The minimum Gasteiger partial charge on any atom is -0.506 e. The second-order valence-corrected chi connectivity index (χ2v) is 9.41. The largest absolute Gasteiger partial charge is 0.506 e. The van der Waals surface area contributed by atoms with Crippen molar-refractivity contribution in [1.29, 1.82) is 0 Å². The molecule has 0 radical (unpaired) electrons. The quantitative estimate of drug-likeness (QED) is 0.670. The number of Topliss-reactive ketones (excluding diaryl/α,β-unsaturated/α-hetero) is 1. The van der Waals surface area contributed by atoms with E-state index in [1.54, 1.807) is 17.8 Å². The maximum absolute atomic E-state index is 13.3. The molecule has 25 heavy (non-hydrogen) atoms. The summed E-state index contributed by atoms with van der Waals surface area (Å²) in [6.07, 6.45) is 2.60. The maximum Gasteiger partial charge on any atom is 0.167 e. The van der Waals surface area contributed by atoms with Crippen LogP contribution in [0, 0.1) is 5.41 Å². The van der Waals surface area contributed by atoms with Gasteiger partial charge >= 0.3 is 0 Å². The number of rotatable bonds is 1. The minimum absolute atomic E-state index is 0.0142. The third-order valence-corrected chi connectivity index (χ3v) is 7.02. The fourth-order valence-corrected chi connectivity index (χ4v) is 5.67. The van der Waals surface area contributed by atoms with Crippen LogP contribution in [0.1, 0.15) is 44.6 Å².